The Balaban J connectivity index is 2.44. The van der Waals surface area contributed by atoms with Crippen LogP contribution in [0.4, 0.5) is 4.39 Å². The number of thiophene rings is 1. The van der Waals surface area contributed by atoms with Crippen molar-refractivity contribution in [2.24, 2.45) is 0 Å². The molecule has 1 aromatic heterocycles. The molecule has 0 bridgehead atoms. The topological polar surface area (TPSA) is 17.1 Å². The molecule has 0 unspecified atom stereocenters. The Bertz CT molecular complexity index is 594. The highest BCUT2D eigenvalue weighted by Crippen LogP contribution is 2.33. The highest BCUT2D eigenvalue weighted by atomic mass is 35.5. The van der Waals surface area contributed by atoms with E-state index >= 15 is 0 Å². The van der Waals surface area contributed by atoms with Crippen molar-refractivity contribution in [3.63, 3.8) is 0 Å². The van der Waals surface area contributed by atoms with E-state index in [1.807, 2.05) is 0 Å². The third-order valence-electron chi connectivity index (χ3n) is 2.08. The smallest absolute Gasteiger partial charge is 0.195 e. The number of rotatable bonds is 2. The lowest BCUT2D eigenvalue weighted by Gasteiger charge is -2.00. The average molecular weight is 310 g/mol. The van der Waals surface area contributed by atoms with Crippen LogP contribution < -0.4 is 0 Å². The molecule has 0 saturated carbocycles. The van der Waals surface area contributed by atoms with Crippen LogP contribution in [0.5, 0.6) is 0 Å². The molecule has 0 saturated heterocycles. The minimum Gasteiger partial charge on any atom is -0.289 e. The van der Waals surface area contributed by atoms with Crippen molar-refractivity contribution in [1.29, 1.82) is 0 Å². The molecule has 0 aliphatic heterocycles. The molecule has 0 amide bonds. The van der Waals surface area contributed by atoms with E-state index < -0.39 is 5.82 Å². The number of benzene rings is 1. The highest BCUT2D eigenvalue weighted by Gasteiger charge is 2.17. The molecule has 0 N–H and O–H groups in total. The summed E-state index contributed by atoms with van der Waals surface area (Å²) in [4.78, 5) is 12.0. The minimum atomic E-state index is -0.572. The second kappa shape index (κ2) is 4.94. The fourth-order valence-electron chi connectivity index (χ4n) is 1.29. The largest absolute Gasteiger partial charge is 0.289 e. The van der Waals surface area contributed by atoms with Crippen LogP contribution in [0.15, 0.2) is 24.3 Å². The first-order valence-corrected chi connectivity index (χ1v) is 6.38. The van der Waals surface area contributed by atoms with Crippen molar-refractivity contribution >= 4 is 51.9 Å². The predicted octanol–water partition coefficient (Wildman–Crippen LogP) is 5.08. The van der Waals surface area contributed by atoms with Gasteiger partial charge in [-0.05, 0) is 24.3 Å². The van der Waals surface area contributed by atoms with Crippen molar-refractivity contribution in [3.05, 3.63) is 54.9 Å². The zero-order chi connectivity index (χ0) is 12.6. The molecule has 2 rings (SSSR count). The number of halogens is 4. The molecule has 0 aliphatic carbocycles. The molecule has 0 aliphatic rings. The quantitative estimate of drug-likeness (QED) is 0.707. The number of hydrogen-bond donors (Lipinski definition) is 0. The van der Waals surface area contributed by atoms with Crippen molar-refractivity contribution in [2.45, 2.75) is 0 Å². The molecule has 1 aromatic carbocycles. The first-order chi connectivity index (χ1) is 7.99. The molecular weight excluding hydrogens is 306 g/mol. The molecule has 0 fully saturated rings. The van der Waals surface area contributed by atoms with Gasteiger partial charge in [-0.3, -0.25) is 4.79 Å². The Hall–Kier alpha value is -0.610. The number of ketones is 1. The van der Waals surface area contributed by atoms with E-state index in [4.69, 9.17) is 34.8 Å². The average Bonchev–Trinajstić information content (AvgIpc) is 2.61. The fraction of sp³-hybridized carbons (Fsp3) is 0. The van der Waals surface area contributed by atoms with Gasteiger partial charge in [0.2, 0.25) is 0 Å². The second-order valence-corrected chi connectivity index (χ2v) is 5.89. The van der Waals surface area contributed by atoms with Gasteiger partial charge in [0.05, 0.1) is 14.9 Å². The Labute approximate surface area is 116 Å². The van der Waals surface area contributed by atoms with E-state index in [-0.39, 0.29) is 16.4 Å². The lowest BCUT2D eigenvalue weighted by Crippen LogP contribution is -2.00. The Kier molecular flexibility index (Phi) is 3.73. The van der Waals surface area contributed by atoms with Crippen LogP contribution in [-0.2, 0) is 0 Å². The third kappa shape index (κ3) is 2.63. The third-order valence-corrected chi connectivity index (χ3v) is 3.86. The Morgan fingerprint density at radius 1 is 1.18 bits per heavy atom. The summed E-state index contributed by atoms with van der Waals surface area (Å²) in [5, 5.41) is -0.103. The molecule has 0 radical (unpaired) electrons. The van der Waals surface area contributed by atoms with E-state index in [0.717, 1.165) is 17.4 Å². The summed E-state index contributed by atoms with van der Waals surface area (Å²) < 4.78 is 13.7. The molecule has 0 spiro atoms. The summed E-state index contributed by atoms with van der Waals surface area (Å²) in [6.45, 7) is 0. The van der Waals surface area contributed by atoms with Gasteiger partial charge in [-0.25, -0.2) is 4.39 Å². The summed E-state index contributed by atoms with van der Waals surface area (Å²) in [6.07, 6.45) is 0. The van der Waals surface area contributed by atoms with Crippen LogP contribution in [0.2, 0.25) is 13.7 Å². The van der Waals surface area contributed by atoms with Gasteiger partial charge in [-0.1, -0.05) is 34.8 Å². The Morgan fingerprint density at radius 2 is 1.88 bits per heavy atom. The zero-order valence-corrected chi connectivity index (χ0v) is 11.2. The van der Waals surface area contributed by atoms with Gasteiger partial charge in [0.1, 0.15) is 10.2 Å². The van der Waals surface area contributed by atoms with Gasteiger partial charge in [0.15, 0.2) is 5.78 Å². The van der Waals surface area contributed by atoms with Crippen LogP contribution in [0.1, 0.15) is 15.9 Å². The molecule has 17 heavy (non-hydrogen) atoms. The van der Waals surface area contributed by atoms with Crippen molar-refractivity contribution in [1.82, 2.24) is 0 Å². The fourth-order valence-corrected chi connectivity index (χ4v) is 2.93. The molecule has 2 aromatic rings. The van der Waals surface area contributed by atoms with Gasteiger partial charge in [0, 0.05) is 5.56 Å². The highest BCUT2D eigenvalue weighted by molar-refractivity contribution is 7.20. The van der Waals surface area contributed by atoms with Crippen molar-refractivity contribution in [2.75, 3.05) is 0 Å². The molecule has 0 atom stereocenters. The van der Waals surface area contributed by atoms with E-state index in [9.17, 15) is 9.18 Å². The number of hydrogen-bond acceptors (Lipinski definition) is 2. The van der Waals surface area contributed by atoms with Gasteiger partial charge >= 0.3 is 0 Å². The SMILES string of the molecule is O=C(c1ccc(F)c(Cl)c1)c1cc(Cl)sc1Cl. The lowest BCUT2D eigenvalue weighted by molar-refractivity contribution is 0.103. The van der Waals surface area contributed by atoms with Crippen LogP contribution in [0.25, 0.3) is 0 Å². The van der Waals surface area contributed by atoms with Crippen molar-refractivity contribution in [3.8, 4) is 0 Å². The maximum Gasteiger partial charge on any atom is 0.195 e. The van der Waals surface area contributed by atoms with Crippen LogP contribution in [0.3, 0.4) is 0 Å². The van der Waals surface area contributed by atoms with E-state index in [1.165, 1.54) is 18.2 Å². The standard InChI is InChI=1S/C11H4Cl3FOS/c12-7-3-5(1-2-8(7)15)10(16)6-4-9(13)17-11(6)14/h1-4H. The van der Waals surface area contributed by atoms with Crippen LogP contribution in [-0.4, -0.2) is 5.78 Å². The van der Waals surface area contributed by atoms with E-state index in [0.29, 0.717) is 14.2 Å². The first-order valence-electron chi connectivity index (χ1n) is 4.43. The molecule has 1 nitrogen and oxygen atoms in total. The Morgan fingerprint density at radius 3 is 2.41 bits per heavy atom. The van der Waals surface area contributed by atoms with Gasteiger partial charge in [-0.15, -0.1) is 11.3 Å². The summed E-state index contributed by atoms with van der Waals surface area (Å²) in [7, 11) is 0. The summed E-state index contributed by atoms with van der Waals surface area (Å²) in [5.74, 6) is -0.905. The molecular formula is C11H4Cl3FOS. The molecule has 1 heterocycles. The van der Waals surface area contributed by atoms with Crippen LogP contribution in [0, 0.1) is 5.82 Å². The zero-order valence-electron chi connectivity index (χ0n) is 8.14. The maximum atomic E-state index is 13.0. The molecule has 6 heteroatoms. The monoisotopic (exact) mass is 308 g/mol. The predicted molar refractivity (Wildman–Crippen MR) is 69.2 cm³/mol. The second-order valence-electron chi connectivity index (χ2n) is 3.20. The summed E-state index contributed by atoms with van der Waals surface area (Å²) in [5.41, 5.74) is 0.567. The number of carbonyl (C=O) groups is 1. The normalized spacial score (nSPS) is 10.6. The van der Waals surface area contributed by atoms with E-state index in [2.05, 4.69) is 0 Å². The van der Waals surface area contributed by atoms with E-state index in [1.54, 1.807) is 0 Å². The van der Waals surface area contributed by atoms with Gasteiger partial charge in [0.25, 0.3) is 0 Å². The number of carbonyl (C=O) groups excluding carboxylic acids is 1. The van der Waals surface area contributed by atoms with Crippen LogP contribution >= 0.6 is 46.1 Å². The lowest BCUT2D eigenvalue weighted by atomic mass is 10.1. The molecule has 88 valence electrons. The first kappa shape index (κ1) is 12.8. The summed E-state index contributed by atoms with van der Waals surface area (Å²) in [6, 6.07) is 5.23. The summed E-state index contributed by atoms with van der Waals surface area (Å²) >= 11 is 18.3. The van der Waals surface area contributed by atoms with Gasteiger partial charge in [-0.2, -0.15) is 0 Å². The van der Waals surface area contributed by atoms with Gasteiger partial charge < -0.3 is 0 Å². The maximum absolute atomic E-state index is 13.0. The minimum absolute atomic E-state index is 0.103. The van der Waals surface area contributed by atoms with Crippen molar-refractivity contribution < 1.29 is 9.18 Å².